The molecule has 3 rings (SSSR count). The van der Waals surface area contributed by atoms with Crippen molar-refractivity contribution in [3.05, 3.63) is 42.2 Å². The van der Waals surface area contributed by atoms with Crippen LogP contribution >= 0.6 is 0 Å². The molecule has 0 saturated heterocycles. The van der Waals surface area contributed by atoms with Gasteiger partial charge in [-0.1, -0.05) is 12.1 Å². The molecule has 96 valence electrons. The molecule has 0 fully saturated rings. The van der Waals surface area contributed by atoms with Gasteiger partial charge in [0.25, 0.3) is 0 Å². The lowest BCUT2D eigenvalue weighted by atomic mass is 10.2. The summed E-state index contributed by atoms with van der Waals surface area (Å²) in [6.45, 7) is 0.824. The molecule has 0 radical (unpaired) electrons. The Bertz CT molecular complexity index is 678. The zero-order valence-corrected chi connectivity index (χ0v) is 10.3. The Labute approximate surface area is 109 Å². The van der Waals surface area contributed by atoms with Crippen LogP contribution < -0.4 is 10.1 Å². The number of fused-ring (bicyclic) bond motifs is 1. The van der Waals surface area contributed by atoms with Crippen LogP contribution in [-0.4, -0.2) is 32.1 Å². The first-order chi connectivity index (χ1) is 9.36. The zero-order valence-electron chi connectivity index (χ0n) is 10.3. The second kappa shape index (κ2) is 4.99. The highest BCUT2D eigenvalue weighted by Crippen LogP contribution is 2.20. The highest BCUT2D eigenvalue weighted by molar-refractivity contribution is 5.36. The van der Waals surface area contributed by atoms with Crippen molar-refractivity contribution in [3.8, 4) is 11.6 Å². The van der Waals surface area contributed by atoms with Crippen molar-refractivity contribution in [2.24, 2.45) is 0 Å². The number of ether oxygens (including phenoxy) is 1. The minimum Gasteiger partial charge on any atom is -0.437 e. The molecule has 0 amide bonds. The van der Waals surface area contributed by atoms with E-state index in [1.54, 1.807) is 12.4 Å². The number of hydrogen-bond donors (Lipinski definition) is 1. The fourth-order valence-electron chi connectivity index (χ4n) is 1.72. The minimum atomic E-state index is 0.476. The van der Waals surface area contributed by atoms with E-state index in [1.807, 2.05) is 31.3 Å². The van der Waals surface area contributed by atoms with Crippen molar-refractivity contribution in [1.29, 1.82) is 0 Å². The molecule has 3 aromatic rings. The fraction of sp³-hybridized carbons (Fsp3) is 0.167. The van der Waals surface area contributed by atoms with E-state index in [0.29, 0.717) is 17.3 Å². The van der Waals surface area contributed by atoms with Crippen molar-refractivity contribution in [1.82, 2.24) is 30.3 Å². The fourth-order valence-corrected chi connectivity index (χ4v) is 1.72. The van der Waals surface area contributed by atoms with Gasteiger partial charge in [0, 0.05) is 6.54 Å². The van der Waals surface area contributed by atoms with Crippen molar-refractivity contribution >= 4 is 5.65 Å². The molecule has 19 heavy (non-hydrogen) atoms. The van der Waals surface area contributed by atoms with Crippen molar-refractivity contribution in [2.75, 3.05) is 7.05 Å². The standard InChI is InChI=1S/C12H12N6O/c1-13-6-9-2-4-10(5-3-9)19-12-8-14-7-11-15-16-17-18(11)12/h2-5,7-8,13H,6H2,1H3. The monoisotopic (exact) mass is 256 g/mol. The van der Waals surface area contributed by atoms with E-state index in [1.165, 1.54) is 10.1 Å². The third kappa shape index (κ3) is 2.36. The van der Waals surface area contributed by atoms with Gasteiger partial charge in [0.05, 0.1) is 12.4 Å². The lowest BCUT2D eigenvalue weighted by molar-refractivity contribution is 0.442. The Morgan fingerprint density at radius 1 is 1.21 bits per heavy atom. The number of benzene rings is 1. The van der Waals surface area contributed by atoms with Gasteiger partial charge in [-0.15, -0.1) is 5.10 Å². The summed E-state index contributed by atoms with van der Waals surface area (Å²) in [4.78, 5) is 4.03. The van der Waals surface area contributed by atoms with Gasteiger partial charge < -0.3 is 10.1 Å². The number of hydrogen-bond acceptors (Lipinski definition) is 6. The lowest BCUT2D eigenvalue weighted by Crippen LogP contribution is -2.04. The molecule has 1 N–H and O–H groups in total. The van der Waals surface area contributed by atoms with E-state index in [2.05, 4.69) is 25.8 Å². The highest BCUT2D eigenvalue weighted by Gasteiger charge is 2.06. The molecule has 0 spiro atoms. The molecule has 0 unspecified atom stereocenters. The summed E-state index contributed by atoms with van der Waals surface area (Å²) in [5.74, 6) is 1.19. The van der Waals surface area contributed by atoms with Gasteiger partial charge in [-0.3, -0.25) is 4.98 Å². The van der Waals surface area contributed by atoms with Crippen LogP contribution in [0.1, 0.15) is 5.56 Å². The van der Waals surface area contributed by atoms with Gasteiger partial charge in [0.1, 0.15) is 5.75 Å². The number of rotatable bonds is 4. The van der Waals surface area contributed by atoms with Crippen molar-refractivity contribution in [3.63, 3.8) is 0 Å². The Morgan fingerprint density at radius 3 is 2.84 bits per heavy atom. The molecule has 0 aliphatic carbocycles. The number of tetrazole rings is 1. The summed E-state index contributed by atoms with van der Waals surface area (Å²) in [6.07, 6.45) is 3.15. The first-order valence-corrected chi connectivity index (χ1v) is 5.80. The van der Waals surface area contributed by atoms with Crippen LogP contribution in [-0.2, 0) is 6.54 Å². The normalized spacial score (nSPS) is 10.8. The molecule has 7 heteroatoms. The molecule has 0 aliphatic rings. The molecule has 1 aromatic carbocycles. The van der Waals surface area contributed by atoms with Crippen molar-refractivity contribution in [2.45, 2.75) is 6.54 Å². The van der Waals surface area contributed by atoms with Gasteiger partial charge in [-0.05, 0) is 35.2 Å². The van der Waals surface area contributed by atoms with Gasteiger partial charge in [0.15, 0.2) is 0 Å². The predicted molar refractivity (Wildman–Crippen MR) is 67.9 cm³/mol. The number of nitrogens with zero attached hydrogens (tertiary/aromatic N) is 5. The second-order valence-electron chi connectivity index (χ2n) is 3.97. The Kier molecular flexibility index (Phi) is 3.03. The maximum absolute atomic E-state index is 5.72. The van der Waals surface area contributed by atoms with E-state index < -0.39 is 0 Å². The van der Waals surface area contributed by atoms with Crippen LogP contribution in [0, 0.1) is 0 Å². The SMILES string of the molecule is CNCc1ccc(Oc2cncc3nnnn23)cc1. The van der Waals surface area contributed by atoms with E-state index in [0.717, 1.165) is 6.54 Å². The molecule has 2 heterocycles. The predicted octanol–water partition coefficient (Wildman–Crippen LogP) is 1.03. The van der Waals surface area contributed by atoms with Crippen LogP contribution in [0.2, 0.25) is 0 Å². The maximum atomic E-state index is 5.72. The maximum Gasteiger partial charge on any atom is 0.242 e. The smallest absolute Gasteiger partial charge is 0.242 e. The van der Waals surface area contributed by atoms with E-state index in [-0.39, 0.29) is 0 Å². The molecule has 2 aromatic heterocycles. The van der Waals surface area contributed by atoms with Crippen molar-refractivity contribution < 1.29 is 4.74 Å². The summed E-state index contributed by atoms with van der Waals surface area (Å²) in [5.41, 5.74) is 1.73. The topological polar surface area (TPSA) is 77.2 Å². The third-order valence-electron chi connectivity index (χ3n) is 2.60. The van der Waals surface area contributed by atoms with Crippen LogP contribution in [0.4, 0.5) is 0 Å². The Morgan fingerprint density at radius 2 is 2.05 bits per heavy atom. The van der Waals surface area contributed by atoms with Crippen LogP contribution in [0.15, 0.2) is 36.7 Å². The summed E-state index contributed by atoms with van der Waals surface area (Å²) in [6, 6.07) is 7.80. The Hall–Kier alpha value is -2.54. The van der Waals surface area contributed by atoms with E-state index >= 15 is 0 Å². The van der Waals surface area contributed by atoms with Crippen LogP contribution in [0.5, 0.6) is 11.6 Å². The molecule has 0 atom stereocenters. The van der Waals surface area contributed by atoms with Gasteiger partial charge in [-0.25, -0.2) is 0 Å². The average Bonchev–Trinajstić information content (AvgIpc) is 2.91. The number of nitrogens with one attached hydrogen (secondary N) is 1. The lowest BCUT2D eigenvalue weighted by Gasteiger charge is -2.06. The third-order valence-corrected chi connectivity index (χ3v) is 2.60. The first-order valence-electron chi connectivity index (χ1n) is 5.80. The molecular weight excluding hydrogens is 244 g/mol. The Balaban J connectivity index is 1.86. The summed E-state index contributed by atoms with van der Waals surface area (Å²) >= 11 is 0. The zero-order chi connectivity index (χ0) is 13.1. The highest BCUT2D eigenvalue weighted by atomic mass is 16.5. The summed E-state index contributed by atoms with van der Waals surface area (Å²) < 4.78 is 7.22. The van der Waals surface area contributed by atoms with Crippen LogP contribution in [0.25, 0.3) is 5.65 Å². The average molecular weight is 256 g/mol. The molecule has 0 saturated carbocycles. The first kappa shape index (κ1) is 11.5. The number of aromatic nitrogens is 5. The summed E-state index contributed by atoms with van der Waals surface area (Å²) in [5, 5.41) is 14.3. The second-order valence-corrected chi connectivity index (χ2v) is 3.97. The van der Waals surface area contributed by atoms with E-state index in [4.69, 9.17) is 4.74 Å². The van der Waals surface area contributed by atoms with Gasteiger partial charge >= 0.3 is 0 Å². The molecule has 7 nitrogen and oxygen atoms in total. The molecule has 0 aliphatic heterocycles. The van der Waals surface area contributed by atoms with Crippen LogP contribution in [0.3, 0.4) is 0 Å². The summed E-state index contributed by atoms with van der Waals surface area (Å²) in [7, 11) is 1.91. The largest absolute Gasteiger partial charge is 0.437 e. The van der Waals surface area contributed by atoms with Gasteiger partial charge in [-0.2, -0.15) is 4.52 Å². The molecule has 0 bridgehead atoms. The van der Waals surface area contributed by atoms with Gasteiger partial charge in [0.2, 0.25) is 11.5 Å². The quantitative estimate of drug-likeness (QED) is 0.751. The minimum absolute atomic E-state index is 0.476. The molecular formula is C12H12N6O. The van der Waals surface area contributed by atoms with E-state index in [9.17, 15) is 0 Å².